The summed E-state index contributed by atoms with van der Waals surface area (Å²) in [5, 5.41) is 0.282. The van der Waals surface area contributed by atoms with Gasteiger partial charge >= 0.3 is 6.72 Å². The molecule has 0 saturated heterocycles. The predicted octanol–water partition coefficient (Wildman–Crippen LogP) is 3.99. The first kappa shape index (κ1) is 17.7. The van der Waals surface area contributed by atoms with Crippen molar-refractivity contribution in [3.05, 3.63) is 48.0 Å². The van der Waals surface area contributed by atoms with Crippen LogP contribution in [0, 0.1) is 0 Å². The van der Waals surface area contributed by atoms with Gasteiger partial charge in [0.1, 0.15) is 0 Å². The Hall–Kier alpha value is -1.68. The summed E-state index contributed by atoms with van der Waals surface area (Å²) < 4.78 is 33.9. The molecule has 0 amide bonds. The van der Waals surface area contributed by atoms with E-state index < -0.39 is 6.72 Å². The molecule has 0 aliphatic rings. The highest BCUT2D eigenvalue weighted by atomic mass is 35.7. The molecule has 0 aliphatic carbocycles. The molecule has 0 aliphatic heterocycles. The van der Waals surface area contributed by atoms with Crippen LogP contribution in [-0.4, -0.2) is 21.3 Å². The molecule has 0 aromatic heterocycles. The van der Waals surface area contributed by atoms with Crippen LogP contribution in [0.25, 0.3) is 0 Å². The first-order chi connectivity index (χ1) is 11.0. The van der Waals surface area contributed by atoms with Crippen molar-refractivity contribution in [3.8, 4) is 17.2 Å². The number of methoxy groups -OCH3 is 3. The average Bonchev–Trinajstić information content (AvgIpc) is 2.59. The predicted molar refractivity (Wildman–Crippen MR) is 90.4 cm³/mol. The fraction of sp³-hybridized carbons (Fsp3) is 0.250. The largest absolute Gasteiger partial charge is 0.493 e. The summed E-state index contributed by atoms with van der Waals surface area (Å²) in [6.07, 6.45) is 0. The van der Waals surface area contributed by atoms with E-state index in [0.29, 0.717) is 17.2 Å². The van der Waals surface area contributed by atoms with Crippen molar-refractivity contribution in [3.63, 3.8) is 0 Å². The molecule has 0 fully saturated rings. The Balaban J connectivity index is 2.30. The van der Waals surface area contributed by atoms with Gasteiger partial charge in [-0.25, -0.2) is 0 Å². The Labute approximate surface area is 140 Å². The third-order valence-electron chi connectivity index (χ3n) is 3.20. The molecule has 2 rings (SSSR count). The maximum atomic E-state index is 12.7. The van der Waals surface area contributed by atoms with E-state index in [0.717, 1.165) is 5.56 Å². The molecule has 7 heteroatoms. The summed E-state index contributed by atoms with van der Waals surface area (Å²) in [6.45, 7) is -3.43. The van der Waals surface area contributed by atoms with E-state index >= 15 is 0 Å². The Morgan fingerprint density at radius 2 is 1.52 bits per heavy atom. The molecule has 2 aromatic carbocycles. The highest BCUT2D eigenvalue weighted by Gasteiger charge is 2.27. The van der Waals surface area contributed by atoms with Crippen LogP contribution < -0.4 is 19.5 Å². The average molecular weight is 357 g/mol. The molecule has 0 saturated carbocycles. The minimum Gasteiger partial charge on any atom is -0.493 e. The van der Waals surface area contributed by atoms with Crippen molar-refractivity contribution < 1.29 is 23.3 Å². The summed E-state index contributed by atoms with van der Waals surface area (Å²) in [7, 11) is 4.45. The molecule has 0 spiro atoms. The van der Waals surface area contributed by atoms with Crippen LogP contribution in [0.4, 0.5) is 0 Å². The van der Waals surface area contributed by atoms with Crippen LogP contribution in [0.1, 0.15) is 5.56 Å². The molecule has 0 bridgehead atoms. The van der Waals surface area contributed by atoms with Crippen molar-refractivity contribution in [2.45, 2.75) is 6.61 Å². The molecule has 2 aromatic rings. The Morgan fingerprint density at radius 3 is 2.00 bits per heavy atom. The van der Waals surface area contributed by atoms with Crippen LogP contribution in [-0.2, 0) is 15.7 Å². The quantitative estimate of drug-likeness (QED) is 0.702. The van der Waals surface area contributed by atoms with Crippen LogP contribution in [0.2, 0.25) is 0 Å². The lowest BCUT2D eigenvalue weighted by molar-refractivity contribution is 0.317. The van der Waals surface area contributed by atoms with Gasteiger partial charge in [0.2, 0.25) is 5.75 Å². The lowest BCUT2D eigenvalue weighted by Gasteiger charge is -2.17. The molecule has 1 atom stereocenters. The summed E-state index contributed by atoms with van der Waals surface area (Å²) >= 11 is 6.15. The van der Waals surface area contributed by atoms with E-state index in [2.05, 4.69) is 0 Å². The zero-order chi connectivity index (χ0) is 16.9. The van der Waals surface area contributed by atoms with Gasteiger partial charge in [-0.05, 0) is 28.9 Å². The lowest BCUT2D eigenvalue weighted by Crippen LogP contribution is -2.07. The zero-order valence-electron chi connectivity index (χ0n) is 13.1. The molecule has 0 N–H and O–H groups in total. The van der Waals surface area contributed by atoms with E-state index in [1.807, 2.05) is 30.3 Å². The smallest absolute Gasteiger partial charge is 0.320 e. The van der Waals surface area contributed by atoms with E-state index in [4.69, 9.17) is 30.0 Å². The number of hydrogen-bond acceptors (Lipinski definition) is 5. The zero-order valence-corrected chi connectivity index (χ0v) is 14.8. The van der Waals surface area contributed by atoms with Gasteiger partial charge < -0.3 is 18.7 Å². The fourth-order valence-corrected chi connectivity index (χ4v) is 3.47. The van der Waals surface area contributed by atoms with Gasteiger partial charge in [-0.1, -0.05) is 30.3 Å². The number of benzene rings is 2. The van der Waals surface area contributed by atoms with Crippen LogP contribution in [0.15, 0.2) is 42.5 Å². The first-order valence-electron chi connectivity index (χ1n) is 6.80. The van der Waals surface area contributed by atoms with Crippen LogP contribution in [0.3, 0.4) is 0 Å². The van der Waals surface area contributed by atoms with E-state index in [1.54, 1.807) is 0 Å². The van der Waals surface area contributed by atoms with Crippen molar-refractivity contribution >= 4 is 23.3 Å². The fourth-order valence-electron chi connectivity index (χ4n) is 2.03. The van der Waals surface area contributed by atoms with Gasteiger partial charge in [0.15, 0.2) is 11.5 Å². The van der Waals surface area contributed by atoms with Crippen molar-refractivity contribution in [2.24, 2.45) is 0 Å². The maximum Gasteiger partial charge on any atom is 0.320 e. The Bertz CT molecular complexity index is 680. The van der Waals surface area contributed by atoms with Crippen molar-refractivity contribution in [1.29, 1.82) is 0 Å². The number of hydrogen-bond donors (Lipinski definition) is 0. The molecule has 0 radical (unpaired) electrons. The number of halogens is 1. The molecule has 23 heavy (non-hydrogen) atoms. The topological polar surface area (TPSA) is 54.0 Å². The van der Waals surface area contributed by atoms with E-state index in [1.165, 1.54) is 33.5 Å². The van der Waals surface area contributed by atoms with Gasteiger partial charge in [0, 0.05) is 0 Å². The molecule has 1 unspecified atom stereocenters. The number of rotatable bonds is 7. The molecular formula is C16H18ClO5P. The first-order valence-corrected chi connectivity index (χ1v) is 9.33. The van der Waals surface area contributed by atoms with Crippen molar-refractivity contribution in [2.75, 3.05) is 21.3 Å². The normalized spacial score (nSPS) is 13.2. The second-order valence-corrected chi connectivity index (χ2v) is 7.69. The highest BCUT2D eigenvalue weighted by molar-refractivity contribution is 7.91. The minimum absolute atomic E-state index is 0.137. The Morgan fingerprint density at radius 1 is 0.957 bits per heavy atom. The second-order valence-electron chi connectivity index (χ2n) is 4.62. The second kappa shape index (κ2) is 7.73. The SMILES string of the molecule is COc1cc(P(=O)(Cl)OCc2ccccc2)cc(OC)c1OC. The summed E-state index contributed by atoms with van der Waals surface area (Å²) in [5.41, 5.74) is 0.876. The number of ether oxygens (including phenoxy) is 3. The highest BCUT2D eigenvalue weighted by Crippen LogP contribution is 2.54. The van der Waals surface area contributed by atoms with Gasteiger partial charge in [-0.2, -0.15) is 0 Å². The lowest BCUT2D eigenvalue weighted by atomic mass is 10.2. The molecule has 5 nitrogen and oxygen atoms in total. The van der Waals surface area contributed by atoms with E-state index in [-0.39, 0.29) is 11.9 Å². The third-order valence-corrected chi connectivity index (χ3v) is 5.41. The summed E-state index contributed by atoms with van der Waals surface area (Å²) in [5.74, 6) is 1.13. The van der Waals surface area contributed by atoms with Crippen LogP contribution >= 0.6 is 18.0 Å². The minimum atomic E-state index is -3.56. The maximum absolute atomic E-state index is 12.7. The van der Waals surface area contributed by atoms with E-state index in [9.17, 15) is 4.57 Å². The molecular weight excluding hydrogens is 339 g/mol. The Kier molecular flexibility index (Phi) is 5.94. The molecule has 0 heterocycles. The standard InChI is InChI=1S/C16H18ClO5P/c1-19-14-9-13(10-15(20-2)16(14)21-3)23(17,18)22-11-12-7-5-4-6-8-12/h4-10H,11H2,1-3H3. The van der Waals surface area contributed by atoms with Gasteiger partial charge in [-0.15, -0.1) is 0 Å². The van der Waals surface area contributed by atoms with Gasteiger partial charge in [0.25, 0.3) is 0 Å². The summed E-state index contributed by atoms with van der Waals surface area (Å²) in [4.78, 5) is 0. The van der Waals surface area contributed by atoms with Crippen molar-refractivity contribution in [1.82, 2.24) is 0 Å². The van der Waals surface area contributed by atoms with Gasteiger partial charge in [-0.3, -0.25) is 4.57 Å². The van der Waals surface area contributed by atoms with Crippen LogP contribution in [0.5, 0.6) is 17.2 Å². The third kappa shape index (κ3) is 4.20. The molecule has 124 valence electrons. The van der Waals surface area contributed by atoms with Gasteiger partial charge in [0.05, 0.1) is 33.2 Å². The summed E-state index contributed by atoms with van der Waals surface area (Å²) in [6, 6.07) is 12.4. The monoisotopic (exact) mass is 356 g/mol.